The van der Waals surface area contributed by atoms with Crippen molar-refractivity contribution in [2.24, 2.45) is 23.3 Å². The Kier molecular flexibility index (Phi) is 1.53. The van der Waals surface area contributed by atoms with Gasteiger partial charge in [-0.25, -0.2) is 0 Å². The summed E-state index contributed by atoms with van der Waals surface area (Å²) in [5, 5.41) is 0. The van der Waals surface area contributed by atoms with Crippen LogP contribution in [0.25, 0.3) is 0 Å². The summed E-state index contributed by atoms with van der Waals surface area (Å²) in [6.45, 7) is 5.05. The summed E-state index contributed by atoms with van der Waals surface area (Å²) < 4.78 is 0. The molecule has 0 aromatic carbocycles. The van der Waals surface area contributed by atoms with Gasteiger partial charge in [-0.3, -0.25) is 0 Å². The largest absolute Gasteiger partial charge is 0.329 e. The van der Waals surface area contributed by atoms with E-state index < -0.39 is 0 Å². The molecule has 2 heteroatoms. The molecule has 0 spiro atoms. The average molecular weight is 128 g/mol. The van der Waals surface area contributed by atoms with E-state index in [1.54, 1.807) is 0 Å². The van der Waals surface area contributed by atoms with Crippen molar-refractivity contribution in [3.05, 3.63) is 0 Å². The molecule has 0 heterocycles. The zero-order chi connectivity index (χ0) is 7.07. The lowest BCUT2D eigenvalue weighted by atomic mass is 9.61. The Morgan fingerprint density at radius 1 is 1.56 bits per heavy atom. The van der Waals surface area contributed by atoms with Crippen LogP contribution in [-0.2, 0) is 0 Å². The van der Waals surface area contributed by atoms with Crippen LogP contribution in [-0.4, -0.2) is 12.1 Å². The normalized spacial score (nSPS) is 50.7. The molecule has 4 N–H and O–H groups in total. The summed E-state index contributed by atoms with van der Waals surface area (Å²) in [5.41, 5.74) is 11.4. The molecular weight excluding hydrogens is 112 g/mol. The van der Waals surface area contributed by atoms with Crippen molar-refractivity contribution in [3.63, 3.8) is 0 Å². The molecule has 0 aliphatic heterocycles. The van der Waals surface area contributed by atoms with E-state index in [2.05, 4.69) is 13.8 Å². The Labute approximate surface area is 56.6 Å². The van der Waals surface area contributed by atoms with Crippen LogP contribution in [0.2, 0.25) is 0 Å². The van der Waals surface area contributed by atoms with E-state index in [4.69, 9.17) is 11.5 Å². The fourth-order valence-electron chi connectivity index (χ4n) is 1.64. The van der Waals surface area contributed by atoms with E-state index >= 15 is 0 Å². The van der Waals surface area contributed by atoms with Crippen molar-refractivity contribution in [2.75, 3.05) is 6.54 Å². The molecule has 0 saturated heterocycles. The van der Waals surface area contributed by atoms with Crippen LogP contribution in [0.1, 0.15) is 20.3 Å². The van der Waals surface area contributed by atoms with Gasteiger partial charge in [-0.05, 0) is 18.3 Å². The van der Waals surface area contributed by atoms with E-state index in [1.807, 2.05) is 0 Å². The van der Waals surface area contributed by atoms with Crippen molar-refractivity contribution < 1.29 is 0 Å². The topological polar surface area (TPSA) is 52.0 Å². The maximum absolute atomic E-state index is 5.91. The fraction of sp³-hybridized carbons (Fsp3) is 1.00. The highest BCUT2D eigenvalue weighted by Crippen LogP contribution is 2.40. The van der Waals surface area contributed by atoms with Crippen molar-refractivity contribution in [2.45, 2.75) is 25.8 Å². The number of hydrogen-bond donors (Lipinski definition) is 2. The van der Waals surface area contributed by atoms with Crippen molar-refractivity contribution in [3.8, 4) is 0 Å². The summed E-state index contributed by atoms with van der Waals surface area (Å²) in [7, 11) is 0. The first kappa shape index (κ1) is 7.03. The lowest BCUT2D eigenvalue weighted by Crippen LogP contribution is -2.62. The first-order valence-corrected chi connectivity index (χ1v) is 3.59. The van der Waals surface area contributed by atoms with Gasteiger partial charge >= 0.3 is 0 Å². The van der Waals surface area contributed by atoms with Gasteiger partial charge in [0.15, 0.2) is 0 Å². The minimum atomic E-state index is -0.0284. The highest BCUT2D eigenvalue weighted by atomic mass is 14.9. The van der Waals surface area contributed by atoms with Crippen LogP contribution in [0.3, 0.4) is 0 Å². The number of hydrogen-bond acceptors (Lipinski definition) is 2. The lowest BCUT2D eigenvalue weighted by molar-refractivity contribution is 0.0724. The van der Waals surface area contributed by atoms with E-state index in [0.29, 0.717) is 12.5 Å². The smallest absolute Gasteiger partial charge is 0.0309 e. The molecule has 1 aliphatic rings. The van der Waals surface area contributed by atoms with Crippen LogP contribution < -0.4 is 11.5 Å². The van der Waals surface area contributed by atoms with Gasteiger partial charge in [0.05, 0.1) is 0 Å². The van der Waals surface area contributed by atoms with Crippen molar-refractivity contribution in [1.29, 1.82) is 0 Å². The molecule has 0 amide bonds. The zero-order valence-electron chi connectivity index (χ0n) is 6.22. The predicted octanol–water partition coefficient (Wildman–Crippen LogP) is 0.318. The van der Waals surface area contributed by atoms with Gasteiger partial charge in [0.25, 0.3) is 0 Å². The molecule has 1 rings (SSSR count). The molecule has 54 valence electrons. The first-order chi connectivity index (χ1) is 4.10. The molecule has 1 fully saturated rings. The van der Waals surface area contributed by atoms with Gasteiger partial charge in [0.1, 0.15) is 0 Å². The minimum Gasteiger partial charge on any atom is -0.329 e. The van der Waals surface area contributed by atoms with Gasteiger partial charge < -0.3 is 11.5 Å². The summed E-state index contributed by atoms with van der Waals surface area (Å²) in [5.74, 6) is 1.39. The van der Waals surface area contributed by atoms with E-state index in [-0.39, 0.29) is 5.54 Å². The Hall–Kier alpha value is -0.0800. The Balaban J connectivity index is 2.48. The molecule has 3 unspecified atom stereocenters. The second-order valence-corrected chi connectivity index (χ2v) is 3.41. The molecule has 1 saturated carbocycles. The monoisotopic (exact) mass is 128 g/mol. The first-order valence-electron chi connectivity index (χ1n) is 3.59. The molecule has 0 aromatic heterocycles. The van der Waals surface area contributed by atoms with Crippen molar-refractivity contribution >= 4 is 0 Å². The Morgan fingerprint density at radius 3 is 2.22 bits per heavy atom. The highest BCUT2D eigenvalue weighted by Gasteiger charge is 2.44. The zero-order valence-corrected chi connectivity index (χ0v) is 6.22. The third-order valence-corrected chi connectivity index (χ3v) is 2.84. The van der Waals surface area contributed by atoms with Crippen LogP contribution in [0.15, 0.2) is 0 Å². The third-order valence-electron chi connectivity index (χ3n) is 2.84. The number of nitrogens with two attached hydrogens (primary N) is 2. The third kappa shape index (κ3) is 0.864. The highest BCUT2D eigenvalue weighted by molar-refractivity contribution is 5.02. The van der Waals surface area contributed by atoms with Gasteiger partial charge in [-0.15, -0.1) is 0 Å². The molecule has 1 aliphatic carbocycles. The van der Waals surface area contributed by atoms with Crippen LogP contribution >= 0.6 is 0 Å². The van der Waals surface area contributed by atoms with Crippen LogP contribution in [0.4, 0.5) is 0 Å². The lowest BCUT2D eigenvalue weighted by Gasteiger charge is -2.49. The summed E-state index contributed by atoms with van der Waals surface area (Å²) in [6, 6.07) is 0. The molecular formula is C7H16N2. The quantitative estimate of drug-likeness (QED) is 0.534. The maximum atomic E-state index is 5.91. The van der Waals surface area contributed by atoms with E-state index in [1.165, 1.54) is 0 Å². The fourth-order valence-corrected chi connectivity index (χ4v) is 1.64. The second-order valence-electron chi connectivity index (χ2n) is 3.41. The Morgan fingerprint density at radius 2 is 2.11 bits per heavy atom. The van der Waals surface area contributed by atoms with Crippen molar-refractivity contribution in [1.82, 2.24) is 0 Å². The summed E-state index contributed by atoms with van der Waals surface area (Å²) in [4.78, 5) is 0. The minimum absolute atomic E-state index is 0.0284. The molecule has 0 radical (unpaired) electrons. The molecule has 0 aromatic rings. The maximum Gasteiger partial charge on any atom is 0.0309 e. The van der Waals surface area contributed by atoms with Crippen LogP contribution in [0, 0.1) is 11.8 Å². The molecule has 2 nitrogen and oxygen atoms in total. The van der Waals surface area contributed by atoms with Gasteiger partial charge in [-0.2, -0.15) is 0 Å². The van der Waals surface area contributed by atoms with Gasteiger partial charge in [-0.1, -0.05) is 13.8 Å². The Bertz CT molecular complexity index is 113. The molecule has 0 bridgehead atoms. The SMILES string of the molecule is CC1CC(N)(CN)C1C. The second kappa shape index (κ2) is 1.96. The van der Waals surface area contributed by atoms with E-state index in [9.17, 15) is 0 Å². The molecule has 9 heavy (non-hydrogen) atoms. The summed E-state index contributed by atoms with van der Waals surface area (Å²) >= 11 is 0. The van der Waals surface area contributed by atoms with Gasteiger partial charge in [0.2, 0.25) is 0 Å². The number of rotatable bonds is 1. The van der Waals surface area contributed by atoms with E-state index in [0.717, 1.165) is 12.3 Å². The predicted molar refractivity (Wildman–Crippen MR) is 38.9 cm³/mol. The molecule has 3 atom stereocenters. The van der Waals surface area contributed by atoms with Crippen LogP contribution in [0.5, 0.6) is 0 Å². The summed E-state index contributed by atoms with van der Waals surface area (Å²) in [6.07, 6.45) is 1.10. The average Bonchev–Trinajstić information content (AvgIpc) is 1.87. The standard InChI is InChI=1S/C7H16N2/c1-5-3-7(9,4-8)6(5)2/h5-6H,3-4,8-9H2,1-2H3. The van der Waals surface area contributed by atoms with Gasteiger partial charge in [0, 0.05) is 12.1 Å².